The highest BCUT2D eigenvalue weighted by atomic mass is 16.2. The first-order chi connectivity index (χ1) is 8.15. The minimum Gasteiger partial charge on any atom is -0.340 e. The summed E-state index contributed by atoms with van der Waals surface area (Å²) in [4.78, 5) is 17.6. The lowest BCUT2D eigenvalue weighted by Gasteiger charge is -2.21. The minimum atomic E-state index is -0.373. The Morgan fingerprint density at radius 1 is 1.47 bits per heavy atom. The van der Waals surface area contributed by atoms with E-state index in [1.54, 1.807) is 24.3 Å². The molecule has 0 fully saturated rings. The number of carbonyl (C=O) groups excluding carboxylic acids is 1. The zero-order chi connectivity index (χ0) is 12.7. The summed E-state index contributed by atoms with van der Waals surface area (Å²) in [5.74, 6) is 0.00950. The van der Waals surface area contributed by atoms with Crippen LogP contribution in [-0.4, -0.2) is 28.9 Å². The van der Waals surface area contributed by atoms with Crippen LogP contribution in [0.2, 0.25) is 0 Å². The van der Waals surface area contributed by atoms with E-state index < -0.39 is 0 Å². The number of hydrogen-bond acceptors (Lipinski definition) is 3. The molecule has 4 heteroatoms. The number of nitrogens with two attached hydrogens (primary N) is 1. The van der Waals surface area contributed by atoms with Crippen LogP contribution in [0.1, 0.15) is 31.7 Å². The van der Waals surface area contributed by atoms with E-state index >= 15 is 0 Å². The van der Waals surface area contributed by atoms with Crippen LogP contribution in [0.4, 0.5) is 0 Å². The molecule has 1 aromatic rings. The van der Waals surface area contributed by atoms with E-state index in [9.17, 15) is 4.79 Å². The van der Waals surface area contributed by atoms with Crippen molar-refractivity contribution in [1.29, 1.82) is 0 Å². The highest BCUT2D eigenvalue weighted by molar-refractivity contribution is 5.81. The number of hydrogen-bond donors (Lipinski definition) is 1. The molecular formula is C13H21N3O. The second-order valence-corrected chi connectivity index (χ2v) is 4.30. The highest BCUT2D eigenvalue weighted by Crippen LogP contribution is 2.05. The molecule has 1 rings (SSSR count). The van der Waals surface area contributed by atoms with Gasteiger partial charge in [-0.3, -0.25) is 9.78 Å². The molecule has 0 saturated carbocycles. The Hall–Kier alpha value is -1.42. The molecular weight excluding hydrogens is 214 g/mol. The molecule has 0 spiro atoms. The van der Waals surface area contributed by atoms with Crippen molar-refractivity contribution in [2.45, 2.75) is 38.8 Å². The topological polar surface area (TPSA) is 59.2 Å². The Morgan fingerprint density at radius 2 is 2.12 bits per heavy atom. The summed E-state index contributed by atoms with van der Waals surface area (Å²) in [5.41, 5.74) is 6.92. The first-order valence-corrected chi connectivity index (χ1v) is 6.04. The zero-order valence-corrected chi connectivity index (χ0v) is 10.6. The lowest BCUT2D eigenvalue weighted by atomic mass is 10.1. The van der Waals surface area contributed by atoms with Crippen LogP contribution < -0.4 is 5.73 Å². The van der Waals surface area contributed by atoms with Gasteiger partial charge in [0.2, 0.25) is 5.91 Å². The fourth-order valence-corrected chi connectivity index (χ4v) is 1.67. The Morgan fingerprint density at radius 3 is 2.71 bits per heavy atom. The lowest BCUT2D eigenvalue weighted by Crippen LogP contribution is -2.41. The number of rotatable bonds is 6. The zero-order valence-electron chi connectivity index (χ0n) is 10.6. The van der Waals surface area contributed by atoms with E-state index in [2.05, 4.69) is 11.9 Å². The van der Waals surface area contributed by atoms with Crippen molar-refractivity contribution < 1.29 is 4.79 Å². The molecule has 17 heavy (non-hydrogen) atoms. The third-order valence-electron chi connectivity index (χ3n) is 2.73. The molecule has 0 aliphatic heterocycles. The summed E-state index contributed by atoms with van der Waals surface area (Å²) in [7, 11) is 1.79. The first kappa shape index (κ1) is 13.6. The van der Waals surface area contributed by atoms with Gasteiger partial charge in [0.15, 0.2) is 0 Å². The van der Waals surface area contributed by atoms with Gasteiger partial charge in [-0.1, -0.05) is 19.8 Å². The molecule has 4 nitrogen and oxygen atoms in total. The molecule has 94 valence electrons. The van der Waals surface area contributed by atoms with E-state index in [-0.39, 0.29) is 11.9 Å². The van der Waals surface area contributed by atoms with Crippen molar-refractivity contribution in [2.75, 3.05) is 7.05 Å². The largest absolute Gasteiger partial charge is 0.340 e. The molecule has 0 saturated heterocycles. The molecule has 1 atom stereocenters. The maximum absolute atomic E-state index is 11.9. The van der Waals surface area contributed by atoms with Crippen molar-refractivity contribution in [3.05, 3.63) is 30.1 Å². The molecule has 0 radical (unpaired) electrons. The van der Waals surface area contributed by atoms with Gasteiger partial charge in [-0.15, -0.1) is 0 Å². The Bertz CT molecular complexity index is 340. The van der Waals surface area contributed by atoms with Crippen LogP contribution in [0, 0.1) is 0 Å². The van der Waals surface area contributed by atoms with Crippen LogP contribution in [0.5, 0.6) is 0 Å². The predicted molar refractivity (Wildman–Crippen MR) is 68.2 cm³/mol. The number of likely N-dealkylation sites (N-methyl/N-ethyl adjacent to an activating group) is 1. The van der Waals surface area contributed by atoms with Gasteiger partial charge in [0, 0.05) is 26.0 Å². The van der Waals surface area contributed by atoms with Gasteiger partial charge in [0.1, 0.15) is 0 Å². The third kappa shape index (κ3) is 4.53. The fourth-order valence-electron chi connectivity index (χ4n) is 1.67. The summed E-state index contributed by atoms with van der Waals surface area (Å²) in [5, 5.41) is 0. The van der Waals surface area contributed by atoms with Crippen molar-refractivity contribution in [2.24, 2.45) is 5.73 Å². The van der Waals surface area contributed by atoms with E-state index in [0.29, 0.717) is 6.54 Å². The monoisotopic (exact) mass is 235 g/mol. The molecule has 0 aliphatic rings. The minimum absolute atomic E-state index is 0.00950. The molecule has 0 aromatic carbocycles. The fraction of sp³-hybridized carbons (Fsp3) is 0.538. The summed E-state index contributed by atoms with van der Waals surface area (Å²) in [6.07, 6.45) is 6.27. The summed E-state index contributed by atoms with van der Waals surface area (Å²) < 4.78 is 0. The second-order valence-electron chi connectivity index (χ2n) is 4.30. The van der Waals surface area contributed by atoms with Crippen LogP contribution in [0.3, 0.4) is 0 Å². The van der Waals surface area contributed by atoms with Gasteiger partial charge in [-0.25, -0.2) is 0 Å². The molecule has 1 amide bonds. The summed E-state index contributed by atoms with van der Waals surface area (Å²) >= 11 is 0. The number of amides is 1. The highest BCUT2D eigenvalue weighted by Gasteiger charge is 2.17. The second kappa shape index (κ2) is 7.01. The average Bonchev–Trinajstić information content (AvgIpc) is 2.36. The summed E-state index contributed by atoms with van der Waals surface area (Å²) in [6, 6.07) is 3.43. The number of aromatic nitrogens is 1. The third-order valence-corrected chi connectivity index (χ3v) is 2.73. The molecule has 0 unspecified atom stereocenters. The molecule has 1 heterocycles. The van der Waals surface area contributed by atoms with Gasteiger partial charge < -0.3 is 10.6 Å². The predicted octanol–water partition coefficient (Wildman–Crippen LogP) is 1.56. The van der Waals surface area contributed by atoms with Crippen molar-refractivity contribution in [3.8, 4) is 0 Å². The number of nitrogens with zero attached hydrogens (tertiary/aromatic N) is 2. The van der Waals surface area contributed by atoms with Gasteiger partial charge in [0.25, 0.3) is 0 Å². The van der Waals surface area contributed by atoms with Gasteiger partial charge in [-0.2, -0.15) is 0 Å². The van der Waals surface area contributed by atoms with Gasteiger partial charge in [0.05, 0.1) is 6.04 Å². The Balaban J connectivity index is 2.47. The summed E-state index contributed by atoms with van der Waals surface area (Å²) in [6.45, 7) is 2.68. The SMILES string of the molecule is CCCC[C@H](N)C(=O)N(C)Cc1ccncc1. The number of pyridine rings is 1. The van der Waals surface area contributed by atoms with E-state index in [1.807, 2.05) is 12.1 Å². The molecule has 1 aromatic heterocycles. The van der Waals surface area contributed by atoms with Crippen molar-refractivity contribution in [3.63, 3.8) is 0 Å². The van der Waals surface area contributed by atoms with Crippen LogP contribution in [0.15, 0.2) is 24.5 Å². The quantitative estimate of drug-likeness (QED) is 0.814. The van der Waals surface area contributed by atoms with Crippen LogP contribution in [-0.2, 0) is 11.3 Å². The van der Waals surface area contributed by atoms with Crippen molar-refractivity contribution in [1.82, 2.24) is 9.88 Å². The maximum Gasteiger partial charge on any atom is 0.239 e. The van der Waals surface area contributed by atoms with E-state index in [0.717, 1.165) is 24.8 Å². The standard InChI is InChI=1S/C13H21N3O/c1-3-4-5-12(14)13(17)16(2)10-11-6-8-15-9-7-11/h6-9,12H,3-5,10,14H2,1-2H3/t12-/m0/s1. The van der Waals surface area contributed by atoms with Gasteiger partial charge >= 0.3 is 0 Å². The molecule has 0 bridgehead atoms. The lowest BCUT2D eigenvalue weighted by molar-refractivity contribution is -0.132. The smallest absolute Gasteiger partial charge is 0.239 e. The molecule has 2 N–H and O–H groups in total. The Kier molecular flexibility index (Phi) is 5.63. The average molecular weight is 235 g/mol. The maximum atomic E-state index is 11.9. The van der Waals surface area contributed by atoms with Crippen molar-refractivity contribution >= 4 is 5.91 Å². The molecule has 0 aliphatic carbocycles. The normalized spacial score (nSPS) is 12.2. The van der Waals surface area contributed by atoms with E-state index in [4.69, 9.17) is 5.73 Å². The van der Waals surface area contributed by atoms with Gasteiger partial charge in [-0.05, 0) is 24.1 Å². The van der Waals surface area contributed by atoms with Crippen LogP contribution >= 0.6 is 0 Å². The number of carbonyl (C=O) groups is 1. The van der Waals surface area contributed by atoms with E-state index in [1.165, 1.54) is 0 Å². The number of unbranched alkanes of at least 4 members (excludes halogenated alkanes) is 1. The first-order valence-electron chi connectivity index (χ1n) is 6.04. The van der Waals surface area contributed by atoms with Crippen LogP contribution in [0.25, 0.3) is 0 Å². The Labute approximate surface area is 103 Å².